The number of nitrogens with one attached hydrogen (secondary N) is 1. The van der Waals surface area contributed by atoms with Crippen LogP contribution in [0.4, 0.5) is 5.69 Å². The summed E-state index contributed by atoms with van der Waals surface area (Å²) in [4.78, 5) is 9.00. The molecule has 0 unspecified atom stereocenters. The minimum Gasteiger partial charge on any atom is -0.497 e. The van der Waals surface area contributed by atoms with Crippen molar-refractivity contribution in [2.75, 3.05) is 19.0 Å². The van der Waals surface area contributed by atoms with Crippen LogP contribution in [0.2, 0.25) is 0 Å². The van der Waals surface area contributed by atoms with Crippen molar-refractivity contribution in [3.63, 3.8) is 0 Å². The number of benzene rings is 1. The Bertz CT molecular complexity index is 662. The predicted octanol–water partition coefficient (Wildman–Crippen LogP) is 4.04. The fraction of sp³-hybridized carbons (Fsp3) is 0.412. The molecule has 0 aliphatic heterocycles. The maximum atomic E-state index is 5.90. The second-order valence-electron chi connectivity index (χ2n) is 6.26. The van der Waals surface area contributed by atoms with Gasteiger partial charge in [-0.3, -0.25) is 4.99 Å². The number of thiazole rings is 1. The molecule has 1 aromatic heterocycles. The molecule has 0 aliphatic carbocycles. The summed E-state index contributed by atoms with van der Waals surface area (Å²) in [5, 5.41) is 6.32. The number of nitrogens with zero attached hydrogens (tertiary/aromatic N) is 2. The molecule has 0 radical (unpaired) electrons. The molecular weight excluding hydrogens is 435 g/mol. The smallest absolute Gasteiger partial charge is 0.193 e. The number of nitrogens with two attached hydrogens (primary N) is 1. The number of ether oxygens (including phenoxy) is 1. The molecule has 0 aliphatic rings. The Morgan fingerprint density at radius 3 is 2.50 bits per heavy atom. The maximum Gasteiger partial charge on any atom is 0.193 e. The van der Waals surface area contributed by atoms with Gasteiger partial charge in [-0.1, -0.05) is 20.8 Å². The highest BCUT2D eigenvalue weighted by Gasteiger charge is 2.17. The minimum atomic E-state index is 0. The van der Waals surface area contributed by atoms with Crippen LogP contribution in [0.1, 0.15) is 31.5 Å². The second kappa shape index (κ2) is 9.22. The zero-order valence-corrected chi connectivity index (χ0v) is 17.6. The van der Waals surface area contributed by atoms with Crippen molar-refractivity contribution < 1.29 is 4.74 Å². The molecule has 2 rings (SSSR count). The van der Waals surface area contributed by atoms with Gasteiger partial charge in [0, 0.05) is 29.4 Å². The molecule has 24 heavy (non-hydrogen) atoms. The molecular formula is C17H25IN4OS. The third-order valence-corrected chi connectivity index (χ3v) is 4.52. The van der Waals surface area contributed by atoms with E-state index in [1.807, 2.05) is 24.3 Å². The van der Waals surface area contributed by atoms with Gasteiger partial charge in [-0.05, 0) is 24.3 Å². The SMILES string of the molecule is COc1ccc(NC(N)=NCCc2csc(C(C)(C)C)n2)cc1.I. The molecule has 3 N–H and O–H groups in total. The van der Waals surface area contributed by atoms with Crippen molar-refractivity contribution in [2.45, 2.75) is 32.6 Å². The number of rotatable bonds is 5. The van der Waals surface area contributed by atoms with Gasteiger partial charge < -0.3 is 15.8 Å². The summed E-state index contributed by atoms with van der Waals surface area (Å²) in [6.45, 7) is 7.13. The maximum absolute atomic E-state index is 5.90. The lowest BCUT2D eigenvalue weighted by atomic mass is 9.98. The minimum absolute atomic E-state index is 0. The number of hydrogen-bond donors (Lipinski definition) is 2. The van der Waals surface area contributed by atoms with Crippen LogP contribution in [0, 0.1) is 0 Å². The van der Waals surface area contributed by atoms with E-state index in [-0.39, 0.29) is 29.4 Å². The third kappa shape index (κ3) is 6.27. The largest absolute Gasteiger partial charge is 0.497 e. The molecule has 5 nitrogen and oxygen atoms in total. The monoisotopic (exact) mass is 460 g/mol. The van der Waals surface area contributed by atoms with Crippen LogP contribution in [0.3, 0.4) is 0 Å². The number of halogens is 1. The highest BCUT2D eigenvalue weighted by molar-refractivity contribution is 14.0. The summed E-state index contributed by atoms with van der Waals surface area (Å²) >= 11 is 1.70. The standard InChI is InChI=1S/C17H24N4OS.HI/c1-17(2,3)15-20-13(11-23-15)9-10-19-16(18)21-12-5-7-14(22-4)8-6-12;/h5-8,11H,9-10H2,1-4H3,(H3,18,19,21);1H. The van der Waals surface area contributed by atoms with Gasteiger partial charge in [0.05, 0.1) is 17.8 Å². The van der Waals surface area contributed by atoms with E-state index < -0.39 is 0 Å². The molecule has 132 valence electrons. The van der Waals surface area contributed by atoms with Gasteiger partial charge in [0.15, 0.2) is 5.96 Å². The first-order chi connectivity index (χ1) is 10.9. The third-order valence-electron chi connectivity index (χ3n) is 3.21. The lowest BCUT2D eigenvalue weighted by Crippen LogP contribution is -2.23. The first kappa shape index (κ1) is 20.7. The summed E-state index contributed by atoms with van der Waals surface area (Å²) in [7, 11) is 1.64. The van der Waals surface area contributed by atoms with E-state index in [1.54, 1.807) is 18.4 Å². The van der Waals surface area contributed by atoms with Crippen LogP contribution < -0.4 is 15.8 Å². The molecule has 1 aromatic carbocycles. The lowest BCUT2D eigenvalue weighted by molar-refractivity contribution is 0.415. The van der Waals surface area contributed by atoms with Crippen LogP contribution in [-0.4, -0.2) is 24.6 Å². The van der Waals surface area contributed by atoms with E-state index in [4.69, 9.17) is 10.5 Å². The number of guanidine groups is 1. The van der Waals surface area contributed by atoms with E-state index in [2.05, 4.69) is 41.4 Å². The molecule has 0 saturated heterocycles. The first-order valence-corrected chi connectivity index (χ1v) is 8.42. The number of anilines is 1. The molecule has 0 spiro atoms. The zero-order chi connectivity index (χ0) is 16.9. The average Bonchev–Trinajstić information content (AvgIpc) is 2.97. The van der Waals surface area contributed by atoms with Gasteiger partial charge in [0.2, 0.25) is 0 Å². The Kier molecular flexibility index (Phi) is 7.95. The quantitative estimate of drug-likeness (QED) is 0.402. The Labute approximate surface area is 164 Å². The molecule has 7 heteroatoms. The van der Waals surface area contributed by atoms with Crippen LogP contribution in [0.25, 0.3) is 0 Å². The summed E-state index contributed by atoms with van der Waals surface area (Å²) in [5.74, 6) is 1.21. The highest BCUT2D eigenvalue weighted by atomic mass is 127. The van der Waals surface area contributed by atoms with Crippen LogP contribution in [0.5, 0.6) is 5.75 Å². The topological polar surface area (TPSA) is 72.5 Å². The first-order valence-electron chi connectivity index (χ1n) is 7.54. The molecule has 1 heterocycles. The van der Waals surface area contributed by atoms with Crippen molar-refractivity contribution in [1.82, 2.24) is 4.98 Å². The van der Waals surface area contributed by atoms with E-state index >= 15 is 0 Å². The van der Waals surface area contributed by atoms with Gasteiger partial charge in [-0.15, -0.1) is 35.3 Å². The van der Waals surface area contributed by atoms with Crippen LogP contribution >= 0.6 is 35.3 Å². The second-order valence-corrected chi connectivity index (χ2v) is 7.12. The van der Waals surface area contributed by atoms with Crippen molar-refractivity contribution in [1.29, 1.82) is 0 Å². The highest BCUT2D eigenvalue weighted by Crippen LogP contribution is 2.25. The molecule has 0 fully saturated rings. The van der Waals surface area contributed by atoms with Crippen molar-refractivity contribution >= 4 is 47.0 Å². The van der Waals surface area contributed by atoms with Gasteiger partial charge in [0.1, 0.15) is 5.75 Å². The number of methoxy groups -OCH3 is 1. The zero-order valence-electron chi connectivity index (χ0n) is 14.5. The average molecular weight is 460 g/mol. The van der Waals surface area contributed by atoms with Gasteiger partial charge in [-0.2, -0.15) is 0 Å². The lowest BCUT2D eigenvalue weighted by Gasteiger charge is -2.13. The van der Waals surface area contributed by atoms with Crippen LogP contribution in [-0.2, 0) is 11.8 Å². The molecule has 0 atom stereocenters. The Hall–Kier alpha value is -1.35. The Morgan fingerprint density at radius 1 is 1.29 bits per heavy atom. The van der Waals surface area contributed by atoms with E-state index in [1.165, 1.54) is 0 Å². The number of aromatic nitrogens is 1. The van der Waals surface area contributed by atoms with Crippen molar-refractivity contribution in [2.24, 2.45) is 10.7 Å². The number of aliphatic imine (C=N–C) groups is 1. The molecule has 0 amide bonds. The van der Waals surface area contributed by atoms with Crippen LogP contribution in [0.15, 0.2) is 34.6 Å². The molecule has 0 saturated carbocycles. The van der Waals surface area contributed by atoms with Gasteiger partial charge in [0.25, 0.3) is 0 Å². The van der Waals surface area contributed by atoms with Crippen molar-refractivity contribution in [3.8, 4) is 5.75 Å². The van der Waals surface area contributed by atoms with Crippen molar-refractivity contribution in [3.05, 3.63) is 40.3 Å². The predicted molar refractivity (Wildman–Crippen MR) is 113 cm³/mol. The number of hydrogen-bond acceptors (Lipinski definition) is 4. The normalized spacial score (nSPS) is 11.8. The van der Waals surface area contributed by atoms with E-state index in [9.17, 15) is 0 Å². The molecule has 2 aromatic rings. The fourth-order valence-corrected chi connectivity index (χ4v) is 2.86. The van der Waals surface area contributed by atoms with E-state index in [0.717, 1.165) is 28.6 Å². The molecule has 0 bridgehead atoms. The van der Waals surface area contributed by atoms with Gasteiger partial charge >= 0.3 is 0 Å². The van der Waals surface area contributed by atoms with Gasteiger partial charge in [-0.25, -0.2) is 4.98 Å². The summed E-state index contributed by atoms with van der Waals surface area (Å²) < 4.78 is 5.12. The summed E-state index contributed by atoms with van der Waals surface area (Å²) in [6.07, 6.45) is 0.789. The summed E-state index contributed by atoms with van der Waals surface area (Å²) in [6, 6.07) is 7.55. The van der Waals surface area contributed by atoms with E-state index in [0.29, 0.717) is 12.5 Å². The Balaban J connectivity index is 0.00000288. The fourth-order valence-electron chi connectivity index (χ4n) is 1.92. The summed E-state index contributed by atoms with van der Waals surface area (Å²) in [5.41, 5.74) is 7.96. The Morgan fingerprint density at radius 2 is 1.96 bits per heavy atom.